The summed E-state index contributed by atoms with van der Waals surface area (Å²) in [6.07, 6.45) is 12.0. The van der Waals surface area contributed by atoms with Crippen LogP contribution in [0.3, 0.4) is 0 Å². The maximum absolute atomic E-state index is 6.56. The molecular formula is C19H28ClN. The molecule has 21 heavy (non-hydrogen) atoms. The summed E-state index contributed by atoms with van der Waals surface area (Å²) in [4.78, 5) is 2.60. The molecule has 1 heterocycles. The molecule has 2 aliphatic rings. The zero-order valence-corrected chi connectivity index (χ0v) is 13.9. The van der Waals surface area contributed by atoms with Gasteiger partial charge in [-0.05, 0) is 81.3 Å². The van der Waals surface area contributed by atoms with E-state index in [0.717, 1.165) is 5.02 Å². The third kappa shape index (κ3) is 4.23. The van der Waals surface area contributed by atoms with E-state index in [-0.39, 0.29) is 0 Å². The Morgan fingerprint density at radius 3 is 2.48 bits per heavy atom. The molecule has 116 valence electrons. The van der Waals surface area contributed by atoms with Crippen LogP contribution in [0.2, 0.25) is 5.02 Å². The molecule has 0 amide bonds. The SMILES string of the molecule is Clc1cc(CCCN2CCCC2)ccc1C1CCCCC1. The van der Waals surface area contributed by atoms with Gasteiger partial charge in [0.25, 0.3) is 0 Å². The molecule has 2 heteroatoms. The number of hydrogen-bond acceptors (Lipinski definition) is 1. The summed E-state index contributed by atoms with van der Waals surface area (Å²) in [5.41, 5.74) is 2.82. The highest BCUT2D eigenvalue weighted by Crippen LogP contribution is 2.36. The average molecular weight is 306 g/mol. The van der Waals surface area contributed by atoms with Gasteiger partial charge in [-0.3, -0.25) is 0 Å². The van der Waals surface area contributed by atoms with Crippen molar-refractivity contribution in [1.82, 2.24) is 4.90 Å². The Morgan fingerprint density at radius 2 is 1.76 bits per heavy atom. The van der Waals surface area contributed by atoms with Gasteiger partial charge in [0.2, 0.25) is 0 Å². The largest absolute Gasteiger partial charge is 0.303 e. The van der Waals surface area contributed by atoms with Crippen LogP contribution >= 0.6 is 11.6 Å². The van der Waals surface area contributed by atoms with Gasteiger partial charge in [0.15, 0.2) is 0 Å². The molecule has 1 aromatic rings. The minimum atomic E-state index is 0.713. The van der Waals surface area contributed by atoms with Gasteiger partial charge in [-0.15, -0.1) is 0 Å². The fourth-order valence-corrected chi connectivity index (χ4v) is 4.34. The van der Waals surface area contributed by atoms with Crippen molar-refractivity contribution < 1.29 is 0 Å². The van der Waals surface area contributed by atoms with E-state index in [1.807, 2.05) is 0 Å². The second-order valence-corrected chi connectivity index (χ2v) is 7.25. The first-order chi connectivity index (χ1) is 10.3. The lowest BCUT2D eigenvalue weighted by atomic mass is 9.84. The van der Waals surface area contributed by atoms with Crippen molar-refractivity contribution in [3.8, 4) is 0 Å². The van der Waals surface area contributed by atoms with Crippen molar-refractivity contribution in [3.63, 3.8) is 0 Å². The number of rotatable bonds is 5. The van der Waals surface area contributed by atoms with Gasteiger partial charge in [-0.2, -0.15) is 0 Å². The molecule has 0 atom stereocenters. The first-order valence-electron chi connectivity index (χ1n) is 8.83. The summed E-state index contributed by atoms with van der Waals surface area (Å²) in [5, 5.41) is 1.01. The Hall–Kier alpha value is -0.530. The normalized spacial score (nSPS) is 21.0. The van der Waals surface area contributed by atoms with Gasteiger partial charge in [0, 0.05) is 5.02 Å². The van der Waals surface area contributed by atoms with Crippen LogP contribution in [-0.2, 0) is 6.42 Å². The van der Waals surface area contributed by atoms with E-state index < -0.39 is 0 Å². The predicted molar refractivity (Wildman–Crippen MR) is 91.3 cm³/mol. The van der Waals surface area contributed by atoms with Gasteiger partial charge in [0.05, 0.1) is 0 Å². The maximum Gasteiger partial charge on any atom is 0.0443 e. The lowest BCUT2D eigenvalue weighted by Gasteiger charge is -2.23. The highest BCUT2D eigenvalue weighted by atomic mass is 35.5. The number of benzene rings is 1. The monoisotopic (exact) mass is 305 g/mol. The van der Waals surface area contributed by atoms with Crippen LogP contribution < -0.4 is 0 Å². The van der Waals surface area contributed by atoms with Crippen LogP contribution in [-0.4, -0.2) is 24.5 Å². The van der Waals surface area contributed by atoms with Crippen molar-refractivity contribution in [2.24, 2.45) is 0 Å². The molecular weight excluding hydrogens is 278 g/mol. The highest BCUT2D eigenvalue weighted by molar-refractivity contribution is 6.31. The van der Waals surface area contributed by atoms with Gasteiger partial charge < -0.3 is 4.90 Å². The molecule has 3 rings (SSSR count). The van der Waals surface area contributed by atoms with E-state index in [9.17, 15) is 0 Å². The lowest BCUT2D eigenvalue weighted by Crippen LogP contribution is -2.20. The van der Waals surface area contributed by atoms with Crippen LogP contribution in [0, 0.1) is 0 Å². The molecule has 1 saturated heterocycles. The molecule has 1 nitrogen and oxygen atoms in total. The highest BCUT2D eigenvalue weighted by Gasteiger charge is 2.18. The van der Waals surface area contributed by atoms with Crippen molar-refractivity contribution in [1.29, 1.82) is 0 Å². The van der Waals surface area contributed by atoms with E-state index in [2.05, 4.69) is 23.1 Å². The van der Waals surface area contributed by atoms with Crippen molar-refractivity contribution in [2.75, 3.05) is 19.6 Å². The average Bonchev–Trinajstić information content (AvgIpc) is 3.02. The van der Waals surface area contributed by atoms with Crippen LogP contribution in [0.25, 0.3) is 0 Å². The second kappa shape index (κ2) is 7.65. The molecule has 0 bridgehead atoms. The lowest BCUT2D eigenvalue weighted by molar-refractivity contribution is 0.334. The van der Waals surface area contributed by atoms with Crippen molar-refractivity contribution in [2.45, 2.75) is 63.7 Å². The summed E-state index contributed by atoms with van der Waals surface area (Å²) in [7, 11) is 0. The number of nitrogens with zero attached hydrogens (tertiary/aromatic N) is 1. The number of halogens is 1. The standard InChI is InChI=1S/C19H28ClN/c20-19-15-16(7-6-14-21-12-4-5-13-21)10-11-18(19)17-8-2-1-3-9-17/h10-11,15,17H,1-9,12-14H2. The third-order valence-electron chi connectivity index (χ3n) is 5.25. The Labute approximate surface area is 134 Å². The summed E-state index contributed by atoms with van der Waals surface area (Å²) >= 11 is 6.56. The topological polar surface area (TPSA) is 3.24 Å². The first kappa shape index (κ1) is 15.4. The quantitative estimate of drug-likeness (QED) is 0.702. The summed E-state index contributed by atoms with van der Waals surface area (Å²) in [6, 6.07) is 6.86. The minimum Gasteiger partial charge on any atom is -0.303 e. The number of likely N-dealkylation sites (tertiary alicyclic amines) is 1. The van der Waals surface area contributed by atoms with E-state index in [4.69, 9.17) is 11.6 Å². The molecule has 2 fully saturated rings. The van der Waals surface area contributed by atoms with Gasteiger partial charge in [0.1, 0.15) is 0 Å². The zero-order chi connectivity index (χ0) is 14.5. The molecule has 1 aliphatic heterocycles. The Morgan fingerprint density at radius 1 is 1.00 bits per heavy atom. The number of aryl methyl sites for hydroxylation is 1. The maximum atomic E-state index is 6.56. The number of hydrogen-bond donors (Lipinski definition) is 0. The van der Waals surface area contributed by atoms with Crippen LogP contribution in [0.5, 0.6) is 0 Å². The Kier molecular flexibility index (Phi) is 5.60. The van der Waals surface area contributed by atoms with Crippen LogP contribution in [0.15, 0.2) is 18.2 Å². The van der Waals surface area contributed by atoms with Crippen LogP contribution in [0.4, 0.5) is 0 Å². The predicted octanol–water partition coefficient (Wildman–Crippen LogP) is 5.42. The molecule has 1 saturated carbocycles. The third-order valence-corrected chi connectivity index (χ3v) is 5.58. The Bertz CT molecular complexity index is 445. The van der Waals surface area contributed by atoms with Crippen LogP contribution in [0.1, 0.15) is 68.4 Å². The molecule has 0 aromatic heterocycles. The summed E-state index contributed by atoms with van der Waals surface area (Å²) < 4.78 is 0. The van der Waals surface area contributed by atoms with Gasteiger partial charge in [-0.1, -0.05) is 43.0 Å². The fraction of sp³-hybridized carbons (Fsp3) is 0.684. The van der Waals surface area contributed by atoms with Crippen molar-refractivity contribution >= 4 is 11.6 Å². The minimum absolute atomic E-state index is 0.713. The van der Waals surface area contributed by atoms with E-state index in [1.54, 1.807) is 0 Å². The van der Waals surface area contributed by atoms with Gasteiger partial charge in [-0.25, -0.2) is 0 Å². The molecule has 0 radical (unpaired) electrons. The van der Waals surface area contributed by atoms with Gasteiger partial charge >= 0.3 is 0 Å². The molecule has 1 aromatic carbocycles. The van der Waals surface area contributed by atoms with Crippen molar-refractivity contribution in [3.05, 3.63) is 34.3 Å². The van der Waals surface area contributed by atoms with E-state index in [1.165, 1.54) is 88.5 Å². The summed E-state index contributed by atoms with van der Waals surface area (Å²) in [6.45, 7) is 3.87. The van der Waals surface area contributed by atoms with E-state index >= 15 is 0 Å². The summed E-state index contributed by atoms with van der Waals surface area (Å²) in [5.74, 6) is 0.713. The molecule has 0 N–H and O–H groups in total. The fourth-order valence-electron chi connectivity index (χ4n) is 3.98. The van der Waals surface area contributed by atoms with E-state index in [0.29, 0.717) is 5.92 Å². The smallest absolute Gasteiger partial charge is 0.0443 e. The zero-order valence-electron chi connectivity index (χ0n) is 13.1. The second-order valence-electron chi connectivity index (χ2n) is 6.84. The molecule has 1 aliphatic carbocycles. The Balaban J connectivity index is 1.53. The molecule has 0 spiro atoms. The first-order valence-corrected chi connectivity index (χ1v) is 9.21. The molecule has 0 unspecified atom stereocenters.